The van der Waals surface area contributed by atoms with Gasteiger partial charge in [0.25, 0.3) is 0 Å². The molecule has 2 aromatic heterocycles. The highest BCUT2D eigenvalue weighted by molar-refractivity contribution is 5.95. The fourth-order valence-electron chi connectivity index (χ4n) is 2.20. The van der Waals surface area contributed by atoms with Crippen LogP contribution in [-0.2, 0) is 0 Å². The van der Waals surface area contributed by atoms with Crippen LogP contribution in [0.15, 0.2) is 55.0 Å². The lowest BCUT2D eigenvalue weighted by Crippen LogP contribution is -1.97. The molecule has 21 heavy (non-hydrogen) atoms. The molecule has 2 heterocycles. The number of nitrogens with zero attached hydrogens (tertiary/aromatic N) is 3. The molecule has 5 nitrogen and oxygen atoms in total. The Labute approximate surface area is 121 Å². The molecular weight excluding hydrogens is 266 g/mol. The molecular formula is C16H13N3O2. The van der Waals surface area contributed by atoms with Gasteiger partial charge in [-0.15, -0.1) is 0 Å². The number of aromatic carboxylic acids is 1. The van der Waals surface area contributed by atoms with Gasteiger partial charge in [0.05, 0.1) is 5.69 Å². The SMILES string of the molecule is Cc1ccccc1-c1nn(-c2ccncc2)cc1C(=O)O. The van der Waals surface area contributed by atoms with E-state index in [1.807, 2.05) is 31.2 Å². The van der Waals surface area contributed by atoms with Gasteiger partial charge in [-0.3, -0.25) is 4.98 Å². The van der Waals surface area contributed by atoms with Gasteiger partial charge in [-0.05, 0) is 24.6 Å². The maximum absolute atomic E-state index is 11.5. The van der Waals surface area contributed by atoms with Gasteiger partial charge in [-0.1, -0.05) is 24.3 Å². The third-order valence-electron chi connectivity index (χ3n) is 3.27. The lowest BCUT2D eigenvalue weighted by atomic mass is 10.0. The topological polar surface area (TPSA) is 68.0 Å². The molecule has 0 saturated carbocycles. The molecule has 1 N–H and O–H groups in total. The van der Waals surface area contributed by atoms with E-state index in [1.165, 1.54) is 6.20 Å². The molecule has 5 heteroatoms. The average Bonchev–Trinajstić information content (AvgIpc) is 2.94. The lowest BCUT2D eigenvalue weighted by molar-refractivity contribution is 0.0697. The summed E-state index contributed by atoms with van der Waals surface area (Å²) in [5.41, 5.74) is 3.23. The number of hydrogen-bond acceptors (Lipinski definition) is 3. The van der Waals surface area contributed by atoms with Crippen LogP contribution in [0.5, 0.6) is 0 Å². The minimum Gasteiger partial charge on any atom is -0.478 e. The van der Waals surface area contributed by atoms with Crippen LogP contribution in [-0.4, -0.2) is 25.8 Å². The molecule has 0 amide bonds. The Morgan fingerprint density at radius 1 is 1.14 bits per heavy atom. The van der Waals surface area contributed by atoms with Crippen LogP contribution in [0.25, 0.3) is 16.9 Å². The second-order valence-electron chi connectivity index (χ2n) is 4.66. The number of carbonyl (C=O) groups is 1. The van der Waals surface area contributed by atoms with Gasteiger partial charge >= 0.3 is 5.97 Å². The van der Waals surface area contributed by atoms with Crippen LogP contribution in [0.4, 0.5) is 0 Å². The van der Waals surface area contributed by atoms with Crippen molar-refractivity contribution >= 4 is 5.97 Å². The molecule has 0 atom stereocenters. The highest BCUT2D eigenvalue weighted by Gasteiger charge is 2.18. The summed E-state index contributed by atoms with van der Waals surface area (Å²) in [4.78, 5) is 15.4. The number of aryl methyl sites for hydroxylation is 1. The lowest BCUT2D eigenvalue weighted by Gasteiger charge is -2.03. The van der Waals surface area contributed by atoms with Crippen LogP contribution in [0, 0.1) is 6.92 Å². The van der Waals surface area contributed by atoms with Gasteiger partial charge in [-0.25, -0.2) is 9.48 Å². The minimum atomic E-state index is -0.992. The Morgan fingerprint density at radius 3 is 2.52 bits per heavy atom. The van der Waals surface area contributed by atoms with Crippen molar-refractivity contribution in [2.75, 3.05) is 0 Å². The normalized spacial score (nSPS) is 10.5. The van der Waals surface area contributed by atoms with E-state index in [2.05, 4.69) is 10.1 Å². The van der Waals surface area contributed by atoms with Crippen LogP contribution >= 0.6 is 0 Å². The van der Waals surface area contributed by atoms with Crippen molar-refractivity contribution in [2.45, 2.75) is 6.92 Å². The van der Waals surface area contributed by atoms with E-state index in [0.29, 0.717) is 5.69 Å². The van der Waals surface area contributed by atoms with Crippen molar-refractivity contribution in [3.05, 3.63) is 66.1 Å². The largest absolute Gasteiger partial charge is 0.478 e. The molecule has 1 aromatic carbocycles. The number of benzene rings is 1. The first-order chi connectivity index (χ1) is 10.2. The Morgan fingerprint density at radius 2 is 1.86 bits per heavy atom. The van der Waals surface area contributed by atoms with E-state index in [1.54, 1.807) is 29.2 Å². The minimum absolute atomic E-state index is 0.182. The highest BCUT2D eigenvalue weighted by atomic mass is 16.4. The Hall–Kier alpha value is -2.95. The number of pyridine rings is 1. The van der Waals surface area contributed by atoms with Crippen molar-refractivity contribution < 1.29 is 9.90 Å². The van der Waals surface area contributed by atoms with E-state index in [-0.39, 0.29) is 5.56 Å². The van der Waals surface area contributed by atoms with Gasteiger partial charge in [0.1, 0.15) is 11.3 Å². The second kappa shape index (κ2) is 5.20. The zero-order valence-electron chi connectivity index (χ0n) is 11.4. The fourth-order valence-corrected chi connectivity index (χ4v) is 2.20. The molecule has 0 saturated heterocycles. The Balaban J connectivity index is 2.19. The molecule has 0 aliphatic heterocycles. The number of rotatable bonds is 3. The molecule has 0 aliphatic carbocycles. The Bertz CT molecular complexity index is 794. The molecule has 3 aromatic rings. The second-order valence-corrected chi connectivity index (χ2v) is 4.66. The van der Waals surface area contributed by atoms with Gasteiger partial charge < -0.3 is 5.11 Å². The maximum atomic E-state index is 11.5. The summed E-state index contributed by atoms with van der Waals surface area (Å²) in [5, 5.41) is 13.9. The molecule has 0 spiro atoms. The third kappa shape index (κ3) is 2.41. The van der Waals surface area contributed by atoms with Crippen LogP contribution in [0.3, 0.4) is 0 Å². The third-order valence-corrected chi connectivity index (χ3v) is 3.27. The van der Waals surface area contributed by atoms with E-state index in [9.17, 15) is 9.90 Å². The summed E-state index contributed by atoms with van der Waals surface area (Å²) in [6.45, 7) is 1.94. The van der Waals surface area contributed by atoms with Crippen LogP contribution < -0.4 is 0 Å². The quantitative estimate of drug-likeness (QED) is 0.800. The molecule has 0 bridgehead atoms. The first-order valence-corrected chi connectivity index (χ1v) is 6.46. The molecule has 0 unspecified atom stereocenters. The van der Waals surface area contributed by atoms with E-state index < -0.39 is 5.97 Å². The molecule has 0 fully saturated rings. The van der Waals surface area contributed by atoms with Gasteiger partial charge in [0, 0.05) is 24.2 Å². The predicted molar refractivity (Wildman–Crippen MR) is 78.5 cm³/mol. The van der Waals surface area contributed by atoms with Crippen LogP contribution in [0.2, 0.25) is 0 Å². The maximum Gasteiger partial charge on any atom is 0.339 e. The summed E-state index contributed by atoms with van der Waals surface area (Å²) >= 11 is 0. The van der Waals surface area contributed by atoms with E-state index in [0.717, 1.165) is 16.8 Å². The summed E-state index contributed by atoms with van der Waals surface area (Å²) in [6.07, 6.45) is 4.81. The van der Waals surface area contributed by atoms with Crippen molar-refractivity contribution in [1.29, 1.82) is 0 Å². The van der Waals surface area contributed by atoms with Gasteiger partial charge in [0.15, 0.2) is 0 Å². The van der Waals surface area contributed by atoms with Crippen molar-refractivity contribution in [3.8, 4) is 16.9 Å². The molecule has 3 rings (SSSR count). The molecule has 0 radical (unpaired) electrons. The monoisotopic (exact) mass is 279 g/mol. The summed E-state index contributed by atoms with van der Waals surface area (Å²) in [5.74, 6) is -0.992. The zero-order chi connectivity index (χ0) is 14.8. The fraction of sp³-hybridized carbons (Fsp3) is 0.0625. The van der Waals surface area contributed by atoms with Crippen molar-refractivity contribution in [2.24, 2.45) is 0 Å². The number of carboxylic acids is 1. The first-order valence-electron chi connectivity index (χ1n) is 6.46. The molecule has 0 aliphatic rings. The first kappa shape index (κ1) is 13.1. The van der Waals surface area contributed by atoms with Crippen LogP contribution in [0.1, 0.15) is 15.9 Å². The zero-order valence-corrected chi connectivity index (χ0v) is 11.4. The average molecular weight is 279 g/mol. The summed E-state index contributed by atoms with van der Waals surface area (Å²) < 4.78 is 1.56. The standard InChI is InChI=1S/C16H13N3O2/c1-11-4-2-3-5-13(11)15-14(16(20)21)10-19(18-15)12-6-8-17-9-7-12/h2-10H,1H3,(H,20,21). The predicted octanol–water partition coefficient (Wildman–Crippen LogP) is 2.94. The summed E-state index contributed by atoms with van der Waals surface area (Å²) in [6, 6.07) is 11.2. The number of aromatic nitrogens is 3. The van der Waals surface area contributed by atoms with Crippen molar-refractivity contribution in [3.63, 3.8) is 0 Å². The van der Waals surface area contributed by atoms with Gasteiger partial charge in [-0.2, -0.15) is 5.10 Å². The van der Waals surface area contributed by atoms with E-state index >= 15 is 0 Å². The molecule has 104 valence electrons. The highest BCUT2D eigenvalue weighted by Crippen LogP contribution is 2.26. The summed E-state index contributed by atoms with van der Waals surface area (Å²) in [7, 11) is 0. The number of carboxylic acid groups (broad SMARTS) is 1. The van der Waals surface area contributed by atoms with Crippen molar-refractivity contribution in [1.82, 2.24) is 14.8 Å². The van der Waals surface area contributed by atoms with Gasteiger partial charge in [0.2, 0.25) is 0 Å². The number of hydrogen-bond donors (Lipinski definition) is 1. The Kier molecular flexibility index (Phi) is 3.23. The van der Waals surface area contributed by atoms with E-state index in [4.69, 9.17) is 0 Å². The smallest absolute Gasteiger partial charge is 0.339 e.